The number of hydrogen-bond acceptors (Lipinski definition) is 2. The molecule has 4 heteroatoms. The molecule has 13 heavy (non-hydrogen) atoms. The lowest BCUT2D eigenvalue weighted by atomic mass is 10.2. The fraction of sp³-hybridized carbons (Fsp3) is 0.222. The summed E-state index contributed by atoms with van der Waals surface area (Å²) in [6.45, 7) is 0. The summed E-state index contributed by atoms with van der Waals surface area (Å²) in [6.07, 6.45) is 0. The Morgan fingerprint density at radius 1 is 1.46 bits per heavy atom. The second-order valence-corrected chi connectivity index (χ2v) is 2.87. The van der Waals surface area contributed by atoms with Crippen molar-refractivity contribution in [3.05, 3.63) is 29.6 Å². The van der Waals surface area contributed by atoms with Crippen LogP contribution in [0.5, 0.6) is 5.75 Å². The molecular formula is C9H10FNO2. The van der Waals surface area contributed by atoms with Crippen LogP contribution in [-0.4, -0.2) is 30.0 Å². The van der Waals surface area contributed by atoms with Crippen molar-refractivity contribution in [2.24, 2.45) is 0 Å². The van der Waals surface area contributed by atoms with Gasteiger partial charge < -0.3 is 10.0 Å². The van der Waals surface area contributed by atoms with Gasteiger partial charge in [0.15, 0.2) is 11.6 Å². The van der Waals surface area contributed by atoms with Crippen LogP contribution in [0.25, 0.3) is 0 Å². The van der Waals surface area contributed by atoms with Gasteiger partial charge in [0.1, 0.15) is 0 Å². The van der Waals surface area contributed by atoms with Crippen LogP contribution in [0, 0.1) is 5.82 Å². The number of amides is 1. The third-order valence-corrected chi connectivity index (χ3v) is 1.60. The molecule has 0 aliphatic rings. The van der Waals surface area contributed by atoms with Crippen molar-refractivity contribution >= 4 is 5.91 Å². The Labute approximate surface area is 75.4 Å². The normalized spacial score (nSPS) is 9.77. The minimum Gasteiger partial charge on any atom is -0.505 e. The molecule has 1 amide bonds. The summed E-state index contributed by atoms with van der Waals surface area (Å²) < 4.78 is 12.6. The minimum atomic E-state index is -0.727. The quantitative estimate of drug-likeness (QED) is 0.711. The zero-order chi connectivity index (χ0) is 10.0. The van der Waals surface area contributed by atoms with E-state index in [1.807, 2.05) is 0 Å². The summed E-state index contributed by atoms with van der Waals surface area (Å²) in [6, 6.07) is 3.50. The first-order chi connectivity index (χ1) is 6.02. The van der Waals surface area contributed by atoms with Crippen molar-refractivity contribution in [2.45, 2.75) is 0 Å². The molecule has 1 aromatic rings. The van der Waals surface area contributed by atoms with Gasteiger partial charge in [-0.2, -0.15) is 0 Å². The van der Waals surface area contributed by atoms with Crippen LogP contribution < -0.4 is 0 Å². The Morgan fingerprint density at radius 2 is 2.08 bits per heavy atom. The zero-order valence-corrected chi connectivity index (χ0v) is 7.41. The van der Waals surface area contributed by atoms with Crippen LogP contribution in [0.2, 0.25) is 0 Å². The van der Waals surface area contributed by atoms with E-state index in [-0.39, 0.29) is 11.5 Å². The second-order valence-electron chi connectivity index (χ2n) is 2.87. The molecular weight excluding hydrogens is 173 g/mol. The standard InChI is InChI=1S/C9H10FNO2/c1-11(2)9(13)6-3-4-7(10)8(12)5-6/h3-5,12H,1-2H3. The molecule has 0 fully saturated rings. The van der Waals surface area contributed by atoms with E-state index in [2.05, 4.69) is 0 Å². The number of benzene rings is 1. The number of carbonyl (C=O) groups excluding carboxylic acids is 1. The molecule has 0 unspecified atom stereocenters. The molecule has 0 spiro atoms. The van der Waals surface area contributed by atoms with E-state index in [0.717, 1.165) is 12.1 Å². The van der Waals surface area contributed by atoms with E-state index in [4.69, 9.17) is 5.11 Å². The highest BCUT2D eigenvalue weighted by Gasteiger charge is 2.10. The topological polar surface area (TPSA) is 40.5 Å². The first-order valence-electron chi connectivity index (χ1n) is 3.72. The predicted octanol–water partition coefficient (Wildman–Crippen LogP) is 1.23. The van der Waals surface area contributed by atoms with Gasteiger partial charge in [0.05, 0.1) is 0 Å². The molecule has 0 atom stereocenters. The molecule has 0 heterocycles. The molecule has 0 aromatic heterocycles. The third kappa shape index (κ3) is 1.96. The smallest absolute Gasteiger partial charge is 0.253 e. The lowest BCUT2D eigenvalue weighted by molar-refractivity contribution is 0.0827. The Bertz CT molecular complexity index is 336. The average Bonchev–Trinajstić information content (AvgIpc) is 2.08. The summed E-state index contributed by atoms with van der Waals surface area (Å²) in [7, 11) is 3.17. The Kier molecular flexibility index (Phi) is 2.51. The van der Waals surface area contributed by atoms with Crippen molar-refractivity contribution in [1.29, 1.82) is 0 Å². The highest BCUT2D eigenvalue weighted by atomic mass is 19.1. The molecule has 0 aliphatic heterocycles. The van der Waals surface area contributed by atoms with Gasteiger partial charge >= 0.3 is 0 Å². The summed E-state index contributed by atoms with van der Waals surface area (Å²) in [4.78, 5) is 12.7. The van der Waals surface area contributed by atoms with Crippen LogP contribution >= 0.6 is 0 Å². The number of phenolic OH excluding ortho intramolecular Hbond substituents is 1. The SMILES string of the molecule is CN(C)C(=O)c1ccc(F)c(O)c1. The fourth-order valence-electron chi connectivity index (χ4n) is 0.904. The summed E-state index contributed by atoms with van der Waals surface area (Å²) >= 11 is 0. The van der Waals surface area contributed by atoms with Gasteiger partial charge in [0.25, 0.3) is 5.91 Å². The van der Waals surface area contributed by atoms with Crippen LogP contribution in [0.3, 0.4) is 0 Å². The monoisotopic (exact) mass is 183 g/mol. The number of phenols is 1. The maximum absolute atomic E-state index is 12.6. The Balaban J connectivity index is 3.04. The lowest BCUT2D eigenvalue weighted by Crippen LogP contribution is -2.21. The highest BCUT2D eigenvalue weighted by molar-refractivity contribution is 5.94. The van der Waals surface area contributed by atoms with E-state index in [1.54, 1.807) is 14.1 Å². The molecule has 0 radical (unpaired) electrons. The van der Waals surface area contributed by atoms with Crippen LogP contribution in [0.4, 0.5) is 4.39 Å². The number of nitrogens with zero attached hydrogens (tertiary/aromatic N) is 1. The van der Waals surface area contributed by atoms with Crippen LogP contribution in [-0.2, 0) is 0 Å². The van der Waals surface area contributed by atoms with Crippen molar-refractivity contribution in [3.8, 4) is 5.75 Å². The van der Waals surface area contributed by atoms with Gasteiger partial charge in [-0.3, -0.25) is 4.79 Å². The zero-order valence-electron chi connectivity index (χ0n) is 7.41. The lowest BCUT2D eigenvalue weighted by Gasteiger charge is -2.09. The number of hydrogen-bond donors (Lipinski definition) is 1. The van der Waals surface area contributed by atoms with Crippen molar-refractivity contribution in [3.63, 3.8) is 0 Å². The van der Waals surface area contributed by atoms with Gasteiger partial charge in [0.2, 0.25) is 0 Å². The molecule has 0 bridgehead atoms. The Hall–Kier alpha value is -1.58. The van der Waals surface area contributed by atoms with E-state index >= 15 is 0 Å². The van der Waals surface area contributed by atoms with Gasteiger partial charge in [-0.25, -0.2) is 4.39 Å². The molecule has 1 aromatic carbocycles. The average molecular weight is 183 g/mol. The first-order valence-corrected chi connectivity index (χ1v) is 3.72. The molecule has 0 saturated carbocycles. The number of aromatic hydroxyl groups is 1. The molecule has 1 rings (SSSR count). The van der Waals surface area contributed by atoms with Gasteiger partial charge in [0, 0.05) is 19.7 Å². The van der Waals surface area contributed by atoms with E-state index in [9.17, 15) is 9.18 Å². The van der Waals surface area contributed by atoms with E-state index < -0.39 is 11.6 Å². The summed E-state index contributed by atoms with van der Waals surface area (Å²) in [5.41, 5.74) is 0.268. The number of carbonyl (C=O) groups is 1. The highest BCUT2D eigenvalue weighted by Crippen LogP contribution is 2.17. The maximum Gasteiger partial charge on any atom is 0.253 e. The van der Waals surface area contributed by atoms with Crippen LogP contribution in [0.15, 0.2) is 18.2 Å². The van der Waals surface area contributed by atoms with Crippen LogP contribution in [0.1, 0.15) is 10.4 Å². The van der Waals surface area contributed by atoms with E-state index in [1.165, 1.54) is 11.0 Å². The van der Waals surface area contributed by atoms with E-state index in [0.29, 0.717) is 0 Å². The van der Waals surface area contributed by atoms with Crippen molar-refractivity contribution < 1.29 is 14.3 Å². The third-order valence-electron chi connectivity index (χ3n) is 1.60. The maximum atomic E-state index is 12.6. The number of rotatable bonds is 1. The fourth-order valence-corrected chi connectivity index (χ4v) is 0.904. The Morgan fingerprint density at radius 3 is 2.54 bits per heavy atom. The largest absolute Gasteiger partial charge is 0.505 e. The summed E-state index contributed by atoms with van der Waals surface area (Å²) in [5, 5.41) is 8.99. The first kappa shape index (κ1) is 9.51. The minimum absolute atomic E-state index is 0.268. The molecule has 0 aliphatic carbocycles. The predicted molar refractivity (Wildman–Crippen MR) is 46.1 cm³/mol. The summed E-state index contributed by atoms with van der Waals surface area (Å²) in [5.74, 6) is -1.50. The molecule has 3 nitrogen and oxygen atoms in total. The van der Waals surface area contributed by atoms with Gasteiger partial charge in [-0.15, -0.1) is 0 Å². The second kappa shape index (κ2) is 3.43. The molecule has 1 N–H and O–H groups in total. The molecule has 70 valence electrons. The van der Waals surface area contributed by atoms with Crippen molar-refractivity contribution in [2.75, 3.05) is 14.1 Å². The van der Waals surface area contributed by atoms with Gasteiger partial charge in [-0.05, 0) is 18.2 Å². The van der Waals surface area contributed by atoms with Crippen molar-refractivity contribution in [1.82, 2.24) is 4.90 Å². The molecule has 0 saturated heterocycles. The van der Waals surface area contributed by atoms with Gasteiger partial charge in [-0.1, -0.05) is 0 Å². The number of halogens is 1.